The van der Waals surface area contributed by atoms with Gasteiger partial charge in [-0.3, -0.25) is 9.59 Å². The predicted molar refractivity (Wildman–Crippen MR) is 66.8 cm³/mol. The molecule has 0 spiro atoms. The maximum absolute atomic E-state index is 11.6. The van der Waals surface area contributed by atoms with Crippen LogP contribution in [0.4, 0.5) is 5.69 Å². The van der Waals surface area contributed by atoms with Crippen molar-refractivity contribution in [2.45, 2.75) is 6.92 Å². The van der Waals surface area contributed by atoms with Crippen LogP contribution in [0.3, 0.4) is 0 Å². The fourth-order valence-corrected chi connectivity index (χ4v) is 1.30. The Morgan fingerprint density at radius 2 is 2.12 bits per heavy atom. The molecule has 1 aromatic carbocycles. The minimum Gasteiger partial charge on any atom is -0.366 e. The molecule has 1 atom stereocenters. The molecule has 0 radical (unpaired) electrons. The third-order valence-electron chi connectivity index (χ3n) is 2.31. The third-order valence-corrected chi connectivity index (χ3v) is 2.64. The molecule has 1 unspecified atom stereocenters. The summed E-state index contributed by atoms with van der Waals surface area (Å²) in [7, 11) is 0. The number of nitrogens with two attached hydrogens (primary N) is 2. The average Bonchev–Trinajstić information content (AvgIpc) is 2.30. The minimum absolute atomic E-state index is 0.235. The average molecular weight is 256 g/mol. The van der Waals surface area contributed by atoms with Crippen LogP contribution in [0.15, 0.2) is 18.2 Å². The van der Waals surface area contributed by atoms with Crippen molar-refractivity contribution in [3.63, 3.8) is 0 Å². The van der Waals surface area contributed by atoms with E-state index in [4.69, 9.17) is 23.1 Å². The summed E-state index contributed by atoms with van der Waals surface area (Å²) in [5.41, 5.74) is 11.1. The fourth-order valence-electron chi connectivity index (χ4n) is 1.14. The molecule has 6 heteroatoms. The van der Waals surface area contributed by atoms with Gasteiger partial charge in [-0.1, -0.05) is 18.5 Å². The van der Waals surface area contributed by atoms with E-state index in [0.717, 1.165) is 0 Å². The molecule has 0 aliphatic carbocycles. The normalized spacial score (nSPS) is 11.9. The Hall–Kier alpha value is -1.59. The highest BCUT2D eigenvalue weighted by Crippen LogP contribution is 2.23. The highest BCUT2D eigenvalue weighted by molar-refractivity contribution is 6.33. The number of rotatable bonds is 4. The van der Waals surface area contributed by atoms with Crippen molar-refractivity contribution in [3.05, 3.63) is 28.8 Å². The highest BCUT2D eigenvalue weighted by atomic mass is 35.5. The Morgan fingerprint density at radius 1 is 1.47 bits per heavy atom. The molecule has 0 saturated carbocycles. The van der Waals surface area contributed by atoms with Crippen LogP contribution in [0.25, 0.3) is 0 Å². The lowest BCUT2D eigenvalue weighted by atomic mass is 10.1. The van der Waals surface area contributed by atoms with Gasteiger partial charge in [0.15, 0.2) is 0 Å². The Morgan fingerprint density at radius 3 is 2.65 bits per heavy atom. The molecular formula is C11H14ClN3O2. The van der Waals surface area contributed by atoms with Gasteiger partial charge in [-0.05, 0) is 18.2 Å². The molecule has 5 nitrogen and oxygen atoms in total. The molecule has 0 saturated heterocycles. The molecule has 0 bridgehead atoms. The van der Waals surface area contributed by atoms with Crippen LogP contribution >= 0.6 is 11.6 Å². The van der Waals surface area contributed by atoms with Crippen molar-refractivity contribution in [3.8, 4) is 0 Å². The van der Waals surface area contributed by atoms with Crippen LogP contribution in [0.1, 0.15) is 17.3 Å². The quantitative estimate of drug-likeness (QED) is 0.748. The summed E-state index contributed by atoms with van der Waals surface area (Å²) in [6.45, 7) is 1.93. The molecule has 2 amide bonds. The molecule has 1 rings (SSSR count). The number of nitrogens with one attached hydrogen (secondary N) is 1. The van der Waals surface area contributed by atoms with Crippen molar-refractivity contribution in [2.24, 2.45) is 17.4 Å². The molecular weight excluding hydrogens is 242 g/mol. The van der Waals surface area contributed by atoms with Crippen LogP contribution < -0.4 is 16.8 Å². The van der Waals surface area contributed by atoms with E-state index in [-0.39, 0.29) is 23.9 Å². The van der Waals surface area contributed by atoms with Gasteiger partial charge in [0.1, 0.15) is 0 Å². The molecule has 1 aromatic rings. The summed E-state index contributed by atoms with van der Waals surface area (Å²) in [5, 5.41) is 2.94. The number of primary amides is 1. The van der Waals surface area contributed by atoms with Gasteiger partial charge in [0.05, 0.1) is 10.7 Å². The van der Waals surface area contributed by atoms with Gasteiger partial charge in [-0.15, -0.1) is 0 Å². The standard InChI is InChI=1S/C11H14ClN3O2/c1-6(5-13)11(17)15-9-4-7(10(14)16)2-3-8(9)12/h2-4,6H,5,13H2,1H3,(H2,14,16)(H,15,17). The van der Waals surface area contributed by atoms with Crippen molar-refractivity contribution in [2.75, 3.05) is 11.9 Å². The van der Waals surface area contributed by atoms with E-state index in [1.54, 1.807) is 6.92 Å². The van der Waals surface area contributed by atoms with Crippen LogP contribution in [0.5, 0.6) is 0 Å². The maximum atomic E-state index is 11.6. The molecule has 0 aliphatic rings. The first-order chi connectivity index (χ1) is 7.95. The van der Waals surface area contributed by atoms with E-state index in [9.17, 15) is 9.59 Å². The number of hydrogen-bond donors (Lipinski definition) is 3. The number of anilines is 1. The topological polar surface area (TPSA) is 98.2 Å². The smallest absolute Gasteiger partial charge is 0.248 e. The Balaban J connectivity index is 2.94. The van der Waals surface area contributed by atoms with E-state index < -0.39 is 5.91 Å². The number of carbonyl (C=O) groups is 2. The monoisotopic (exact) mass is 255 g/mol. The first-order valence-electron chi connectivity index (χ1n) is 5.06. The Labute approximate surface area is 104 Å². The number of carbonyl (C=O) groups excluding carboxylic acids is 2. The zero-order valence-corrected chi connectivity index (χ0v) is 10.1. The van der Waals surface area contributed by atoms with Gasteiger partial charge in [0.2, 0.25) is 11.8 Å². The summed E-state index contributed by atoms with van der Waals surface area (Å²) in [6.07, 6.45) is 0. The van der Waals surface area contributed by atoms with Crippen LogP contribution in [0, 0.1) is 5.92 Å². The SMILES string of the molecule is CC(CN)C(=O)Nc1cc(C(N)=O)ccc1Cl. The molecule has 0 aliphatic heterocycles. The first-order valence-corrected chi connectivity index (χ1v) is 5.43. The van der Waals surface area contributed by atoms with Crippen LogP contribution in [0.2, 0.25) is 5.02 Å². The second-order valence-corrected chi connectivity index (χ2v) is 4.09. The van der Waals surface area contributed by atoms with Crippen molar-refractivity contribution in [1.82, 2.24) is 0 Å². The molecule has 17 heavy (non-hydrogen) atoms. The molecule has 5 N–H and O–H groups in total. The van der Waals surface area contributed by atoms with Crippen molar-refractivity contribution >= 4 is 29.1 Å². The molecule has 0 heterocycles. The van der Waals surface area contributed by atoms with Gasteiger partial charge in [-0.25, -0.2) is 0 Å². The van der Waals surface area contributed by atoms with Gasteiger partial charge in [0.25, 0.3) is 0 Å². The third kappa shape index (κ3) is 3.44. The van der Waals surface area contributed by atoms with Crippen molar-refractivity contribution < 1.29 is 9.59 Å². The summed E-state index contributed by atoms with van der Waals surface area (Å²) < 4.78 is 0. The first kappa shape index (κ1) is 13.5. The number of halogens is 1. The van der Waals surface area contributed by atoms with E-state index in [1.165, 1.54) is 18.2 Å². The number of amides is 2. The maximum Gasteiger partial charge on any atom is 0.248 e. The Kier molecular flexibility index (Phi) is 4.48. The number of hydrogen-bond acceptors (Lipinski definition) is 3. The molecule has 0 aromatic heterocycles. The molecule has 92 valence electrons. The second kappa shape index (κ2) is 5.65. The van der Waals surface area contributed by atoms with E-state index >= 15 is 0 Å². The lowest BCUT2D eigenvalue weighted by Gasteiger charge is -2.11. The van der Waals surface area contributed by atoms with Gasteiger partial charge < -0.3 is 16.8 Å². The van der Waals surface area contributed by atoms with Crippen LogP contribution in [-0.2, 0) is 4.79 Å². The Bertz CT molecular complexity index is 448. The summed E-state index contributed by atoms with van der Waals surface area (Å²) in [5.74, 6) is -1.16. The van der Waals surface area contributed by atoms with Gasteiger partial charge >= 0.3 is 0 Å². The van der Waals surface area contributed by atoms with E-state index in [1.807, 2.05) is 0 Å². The minimum atomic E-state index is -0.580. The van der Waals surface area contributed by atoms with Crippen molar-refractivity contribution in [1.29, 1.82) is 0 Å². The summed E-state index contributed by atoms with van der Waals surface area (Å²) >= 11 is 5.89. The zero-order chi connectivity index (χ0) is 13.0. The largest absolute Gasteiger partial charge is 0.366 e. The second-order valence-electron chi connectivity index (χ2n) is 3.68. The summed E-state index contributed by atoms with van der Waals surface area (Å²) in [6, 6.07) is 4.43. The van der Waals surface area contributed by atoms with Gasteiger partial charge in [-0.2, -0.15) is 0 Å². The van der Waals surface area contributed by atoms with Crippen LogP contribution in [-0.4, -0.2) is 18.4 Å². The zero-order valence-electron chi connectivity index (χ0n) is 9.37. The molecule has 0 fully saturated rings. The lowest BCUT2D eigenvalue weighted by molar-refractivity contribution is -0.119. The van der Waals surface area contributed by atoms with E-state index in [2.05, 4.69) is 5.32 Å². The fraction of sp³-hybridized carbons (Fsp3) is 0.273. The lowest BCUT2D eigenvalue weighted by Crippen LogP contribution is -2.27. The predicted octanol–water partition coefficient (Wildman–Crippen LogP) is 0.972. The summed E-state index contributed by atoms with van der Waals surface area (Å²) in [4.78, 5) is 22.6. The highest BCUT2D eigenvalue weighted by Gasteiger charge is 2.13. The number of benzene rings is 1. The van der Waals surface area contributed by atoms with E-state index in [0.29, 0.717) is 10.7 Å². The van der Waals surface area contributed by atoms with Gasteiger partial charge in [0, 0.05) is 18.0 Å².